The van der Waals surface area contributed by atoms with E-state index >= 15 is 0 Å². The van der Waals surface area contributed by atoms with Crippen LogP contribution in [0.25, 0.3) is 0 Å². The third kappa shape index (κ3) is 2.01. The quantitative estimate of drug-likeness (QED) is 0.663. The van der Waals surface area contributed by atoms with Gasteiger partial charge in [0.05, 0.1) is 12.9 Å². The topological polar surface area (TPSA) is 38.1 Å². The zero-order valence-corrected chi connectivity index (χ0v) is 8.44. The number of carbonyl (C=O) groups excluding carboxylic acids is 1. The van der Waals surface area contributed by atoms with E-state index in [0.29, 0.717) is 12.2 Å². The van der Waals surface area contributed by atoms with E-state index in [0.717, 1.165) is 13.1 Å². The van der Waals surface area contributed by atoms with Crippen molar-refractivity contribution in [3.05, 3.63) is 18.2 Å². The number of carbonyl (C=O) groups is 1. The average molecular weight is 193 g/mol. The first-order chi connectivity index (χ1) is 6.75. The van der Waals surface area contributed by atoms with Crippen molar-refractivity contribution in [1.29, 1.82) is 0 Å². The van der Waals surface area contributed by atoms with Gasteiger partial charge in [0, 0.05) is 13.2 Å². The summed E-state index contributed by atoms with van der Waals surface area (Å²) in [7, 11) is 1.87. The minimum absolute atomic E-state index is 0.132. The minimum Gasteiger partial charge on any atom is -0.340 e. The molecule has 1 aromatic heterocycles. The van der Waals surface area contributed by atoms with Crippen LogP contribution in [0.1, 0.15) is 23.3 Å². The summed E-state index contributed by atoms with van der Waals surface area (Å²) in [6, 6.07) is 0. The highest BCUT2D eigenvalue weighted by molar-refractivity contribution is 5.95. The lowest BCUT2D eigenvalue weighted by Crippen LogP contribution is -2.27. The molecule has 1 aliphatic rings. The van der Waals surface area contributed by atoms with E-state index in [-0.39, 0.29) is 5.78 Å². The second-order valence-corrected chi connectivity index (χ2v) is 3.83. The highest BCUT2D eigenvalue weighted by Crippen LogP contribution is 2.08. The third-order valence-corrected chi connectivity index (χ3v) is 2.56. The predicted octanol–water partition coefficient (Wildman–Crippen LogP) is 0.699. The van der Waals surface area contributed by atoms with Crippen molar-refractivity contribution in [3.8, 4) is 0 Å². The Morgan fingerprint density at radius 1 is 1.50 bits per heavy atom. The number of rotatable bonds is 3. The first kappa shape index (κ1) is 9.40. The Morgan fingerprint density at radius 2 is 2.21 bits per heavy atom. The molecule has 0 N–H and O–H groups in total. The number of likely N-dealkylation sites (tertiary alicyclic amines) is 1. The molecule has 0 amide bonds. The maximum Gasteiger partial charge on any atom is 0.196 e. The van der Waals surface area contributed by atoms with Crippen LogP contribution in [0.15, 0.2) is 12.5 Å². The number of Topliss-reactive ketones (excluding diaryl/α,β-unsaturated/α-hetero) is 1. The van der Waals surface area contributed by atoms with Gasteiger partial charge >= 0.3 is 0 Å². The molecule has 0 atom stereocenters. The summed E-state index contributed by atoms with van der Waals surface area (Å²) in [5.74, 6) is 0.132. The summed E-state index contributed by atoms with van der Waals surface area (Å²) in [4.78, 5) is 17.9. The number of ketones is 1. The molecule has 0 saturated carbocycles. The first-order valence-electron chi connectivity index (χ1n) is 4.99. The van der Waals surface area contributed by atoms with Crippen molar-refractivity contribution < 1.29 is 4.79 Å². The van der Waals surface area contributed by atoms with E-state index in [9.17, 15) is 4.79 Å². The molecule has 0 radical (unpaired) electrons. The van der Waals surface area contributed by atoms with Gasteiger partial charge in [-0.3, -0.25) is 9.69 Å². The molecule has 0 aromatic carbocycles. The average Bonchev–Trinajstić information content (AvgIpc) is 2.75. The zero-order chi connectivity index (χ0) is 9.97. The predicted molar refractivity (Wildman–Crippen MR) is 53.2 cm³/mol. The van der Waals surface area contributed by atoms with Crippen LogP contribution in [0.5, 0.6) is 0 Å². The largest absolute Gasteiger partial charge is 0.340 e. The van der Waals surface area contributed by atoms with Crippen molar-refractivity contribution in [1.82, 2.24) is 14.5 Å². The highest BCUT2D eigenvalue weighted by atomic mass is 16.1. The van der Waals surface area contributed by atoms with Gasteiger partial charge in [-0.05, 0) is 25.9 Å². The fourth-order valence-electron chi connectivity index (χ4n) is 1.78. The molecular weight excluding hydrogens is 178 g/mol. The molecule has 4 nitrogen and oxygen atoms in total. The lowest BCUT2D eigenvalue weighted by Gasteiger charge is -2.11. The molecular formula is C10H15N3O. The Morgan fingerprint density at radius 3 is 2.79 bits per heavy atom. The maximum absolute atomic E-state index is 11.7. The molecule has 1 aliphatic heterocycles. The molecule has 1 fully saturated rings. The number of hydrogen-bond acceptors (Lipinski definition) is 3. The molecule has 14 heavy (non-hydrogen) atoms. The van der Waals surface area contributed by atoms with E-state index in [4.69, 9.17) is 0 Å². The highest BCUT2D eigenvalue weighted by Gasteiger charge is 2.17. The molecule has 76 valence electrons. The Bertz CT molecular complexity index is 326. The molecule has 1 aromatic rings. The molecule has 2 heterocycles. The molecule has 0 spiro atoms. The van der Waals surface area contributed by atoms with E-state index < -0.39 is 0 Å². The van der Waals surface area contributed by atoms with Gasteiger partial charge < -0.3 is 4.57 Å². The number of aromatic nitrogens is 2. The van der Waals surface area contributed by atoms with Gasteiger partial charge in [0.15, 0.2) is 5.78 Å². The summed E-state index contributed by atoms with van der Waals surface area (Å²) in [6.45, 7) is 2.63. The van der Waals surface area contributed by atoms with Crippen LogP contribution >= 0.6 is 0 Å². The van der Waals surface area contributed by atoms with E-state index in [1.54, 1.807) is 17.1 Å². The van der Waals surface area contributed by atoms with Crippen molar-refractivity contribution in [2.24, 2.45) is 7.05 Å². The van der Waals surface area contributed by atoms with Gasteiger partial charge in [0.1, 0.15) is 5.69 Å². The van der Waals surface area contributed by atoms with E-state index in [1.807, 2.05) is 7.05 Å². The Hall–Kier alpha value is -1.16. The van der Waals surface area contributed by atoms with Crippen LogP contribution < -0.4 is 0 Å². The Labute approximate surface area is 83.5 Å². The molecule has 1 saturated heterocycles. The fourth-order valence-corrected chi connectivity index (χ4v) is 1.78. The molecule has 4 heteroatoms. The van der Waals surface area contributed by atoms with Crippen molar-refractivity contribution in [2.45, 2.75) is 12.8 Å². The third-order valence-electron chi connectivity index (χ3n) is 2.56. The van der Waals surface area contributed by atoms with Crippen molar-refractivity contribution >= 4 is 5.78 Å². The molecule has 0 unspecified atom stereocenters. The lowest BCUT2D eigenvalue weighted by molar-refractivity contribution is 0.0941. The maximum atomic E-state index is 11.7. The lowest BCUT2D eigenvalue weighted by atomic mass is 10.3. The minimum atomic E-state index is 0.132. The number of imidazole rings is 1. The fraction of sp³-hybridized carbons (Fsp3) is 0.600. The van der Waals surface area contributed by atoms with Crippen molar-refractivity contribution in [3.63, 3.8) is 0 Å². The second-order valence-electron chi connectivity index (χ2n) is 3.83. The van der Waals surface area contributed by atoms with Crippen LogP contribution in [0, 0.1) is 0 Å². The second kappa shape index (κ2) is 3.92. The normalized spacial score (nSPS) is 17.5. The number of aryl methyl sites for hydroxylation is 1. The SMILES string of the molecule is Cn1cnc(C(=O)CN2CCCC2)c1. The summed E-state index contributed by atoms with van der Waals surface area (Å²) in [6.07, 6.45) is 5.88. The van der Waals surface area contributed by atoms with Gasteiger partial charge in [0.25, 0.3) is 0 Å². The van der Waals surface area contributed by atoms with Crippen LogP contribution in [-0.2, 0) is 7.05 Å². The summed E-state index contributed by atoms with van der Waals surface area (Å²) < 4.78 is 1.80. The van der Waals surface area contributed by atoms with Gasteiger partial charge in [-0.15, -0.1) is 0 Å². The molecule has 0 aliphatic carbocycles. The number of hydrogen-bond donors (Lipinski definition) is 0. The van der Waals surface area contributed by atoms with Gasteiger partial charge in [-0.2, -0.15) is 0 Å². The summed E-state index contributed by atoms with van der Waals surface area (Å²) in [5.41, 5.74) is 0.583. The smallest absolute Gasteiger partial charge is 0.196 e. The van der Waals surface area contributed by atoms with Gasteiger partial charge in [-0.25, -0.2) is 4.98 Å². The number of nitrogens with zero attached hydrogens (tertiary/aromatic N) is 3. The van der Waals surface area contributed by atoms with Crippen LogP contribution in [0.2, 0.25) is 0 Å². The zero-order valence-electron chi connectivity index (χ0n) is 8.44. The van der Waals surface area contributed by atoms with Gasteiger partial charge in [-0.1, -0.05) is 0 Å². The molecule has 2 rings (SSSR count). The monoisotopic (exact) mass is 193 g/mol. The van der Waals surface area contributed by atoms with Crippen LogP contribution in [-0.4, -0.2) is 39.9 Å². The van der Waals surface area contributed by atoms with Crippen LogP contribution in [0.4, 0.5) is 0 Å². The van der Waals surface area contributed by atoms with E-state index in [2.05, 4.69) is 9.88 Å². The summed E-state index contributed by atoms with van der Waals surface area (Å²) >= 11 is 0. The first-order valence-corrected chi connectivity index (χ1v) is 4.99. The van der Waals surface area contributed by atoms with Crippen LogP contribution in [0.3, 0.4) is 0 Å². The molecule has 0 bridgehead atoms. The van der Waals surface area contributed by atoms with E-state index in [1.165, 1.54) is 12.8 Å². The Balaban J connectivity index is 1.95. The standard InChI is InChI=1S/C10H15N3O/c1-12-6-9(11-8-12)10(14)7-13-4-2-3-5-13/h6,8H,2-5,7H2,1H3. The Kier molecular flexibility index (Phi) is 2.63. The van der Waals surface area contributed by atoms with Crippen molar-refractivity contribution in [2.75, 3.05) is 19.6 Å². The summed E-state index contributed by atoms with van der Waals surface area (Å²) in [5, 5.41) is 0. The van der Waals surface area contributed by atoms with Gasteiger partial charge in [0.2, 0.25) is 0 Å².